The number of carbonyl (C=O) groups is 12. The largest absolute Gasteiger partial charge is 0.462 e. The monoisotopic (exact) mass is 1900 g/mol. The van der Waals surface area contributed by atoms with Crippen molar-refractivity contribution >= 4 is 71.6 Å². The van der Waals surface area contributed by atoms with Crippen LogP contribution in [0.4, 0.5) is 0 Å². The van der Waals surface area contributed by atoms with Crippen molar-refractivity contribution in [2.45, 2.75) is 435 Å². The summed E-state index contributed by atoms with van der Waals surface area (Å²) >= 11 is 0. The summed E-state index contributed by atoms with van der Waals surface area (Å²) in [6.07, 6.45) is 28.0. The van der Waals surface area contributed by atoms with Gasteiger partial charge in [0.05, 0.1) is 43.3 Å². The highest BCUT2D eigenvalue weighted by Gasteiger charge is 2.46. The number of hydrogen-bond donors (Lipinski definition) is 4. The van der Waals surface area contributed by atoms with Crippen LogP contribution < -0.4 is 0 Å². The molecule has 0 aliphatic heterocycles. The lowest BCUT2D eigenvalue weighted by atomic mass is 9.76. The second-order valence-corrected chi connectivity index (χ2v) is 41.6. The summed E-state index contributed by atoms with van der Waals surface area (Å²) in [6, 6.07) is 0. The number of carbonyl (C=O) groups excluding carboxylic acids is 12. The summed E-state index contributed by atoms with van der Waals surface area (Å²) < 4.78 is 61.4. The Morgan fingerprint density at radius 3 is 0.767 bits per heavy atom. The number of aliphatic hydroxyl groups excluding tert-OH is 4. The summed E-state index contributed by atoms with van der Waals surface area (Å²) in [5.74, 6) is -2.61. The molecule has 774 valence electrons. The Labute approximate surface area is 801 Å². The zero-order chi connectivity index (χ0) is 104. The van der Waals surface area contributed by atoms with E-state index < -0.39 is 70.0 Å². The molecule has 0 spiro atoms. The van der Waals surface area contributed by atoms with Crippen LogP contribution in [0.1, 0.15) is 388 Å². The molecule has 0 saturated heterocycles. The van der Waals surface area contributed by atoms with Gasteiger partial charge in [-0.2, -0.15) is 0 Å². The lowest BCUT2D eigenvalue weighted by Crippen LogP contribution is -2.43. The van der Waals surface area contributed by atoms with Gasteiger partial charge in [0.2, 0.25) is 0 Å². The molecule has 28 nitrogen and oxygen atoms in total. The number of ether oxygens (including phenoxy) is 12. The van der Waals surface area contributed by atoms with E-state index in [-0.39, 0.29) is 145 Å². The molecule has 5 atom stereocenters. The van der Waals surface area contributed by atoms with E-state index in [1.807, 2.05) is 111 Å². The van der Waals surface area contributed by atoms with Crippen LogP contribution in [-0.2, 0) is 114 Å². The first kappa shape index (κ1) is 132. The molecule has 28 heteroatoms. The van der Waals surface area contributed by atoms with Crippen molar-refractivity contribution in [1.29, 1.82) is 0 Å². The molecule has 133 heavy (non-hydrogen) atoms. The Bertz CT molecular complexity index is 3240. The van der Waals surface area contributed by atoms with E-state index in [0.29, 0.717) is 43.4 Å². The molecular formula is C105H186O28. The van der Waals surface area contributed by atoms with Gasteiger partial charge in [-0.1, -0.05) is 142 Å². The lowest BCUT2D eigenvalue weighted by Gasteiger charge is -2.40. The van der Waals surface area contributed by atoms with Gasteiger partial charge < -0.3 is 77.3 Å². The molecule has 5 unspecified atom stereocenters. The predicted octanol–water partition coefficient (Wildman–Crippen LogP) is 20.5. The van der Waals surface area contributed by atoms with E-state index in [2.05, 4.69) is 93.7 Å². The average molecular weight is 1900 g/mol. The van der Waals surface area contributed by atoms with Gasteiger partial charge in [0.1, 0.15) is 99.7 Å². The number of aliphatic hydroxyl groups is 4. The van der Waals surface area contributed by atoms with Gasteiger partial charge in [-0.15, -0.1) is 0 Å². The second kappa shape index (κ2) is 63.8. The highest BCUT2D eigenvalue weighted by molar-refractivity contribution is 5.83. The fraction of sp³-hybridized carbons (Fsp3) is 0.810. The van der Waals surface area contributed by atoms with E-state index in [9.17, 15) is 78.0 Å². The molecule has 4 fully saturated rings. The third kappa shape index (κ3) is 52.0. The van der Waals surface area contributed by atoms with Gasteiger partial charge in [0.15, 0.2) is 0 Å². The van der Waals surface area contributed by atoms with Crippen LogP contribution in [0.25, 0.3) is 0 Å². The van der Waals surface area contributed by atoms with Crippen LogP contribution in [0.2, 0.25) is 0 Å². The van der Waals surface area contributed by atoms with Gasteiger partial charge in [-0.25, -0.2) is 19.2 Å². The van der Waals surface area contributed by atoms with Crippen molar-refractivity contribution in [3.05, 3.63) is 50.6 Å². The van der Waals surface area contributed by atoms with Crippen molar-refractivity contribution in [3.8, 4) is 0 Å². The predicted molar refractivity (Wildman–Crippen MR) is 518 cm³/mol. The maximum Gasteiger partial charge on any atom is 0.330 e. The molecule has 4 aliphatic carbocycles. The topological polar surface area (TPSA) is 397 Å². The maximum absolute atomic E-state index is 12.3. The number of rotatable bonds is 45. The van der Waals surface area contributed by atoms with Crippen molar-refractivity contribution in [2.75, 3.05) is 52.9 Å². The van der Waals surface area contributed by atoms with Crippen LogP contribution in [0.5, 0.6) is 0 Å². The minimum atomic E-state index is -1.02. The second-order valence-electron chi connectivity index (χ2n) is 41.6. The first-order chi connectivity index (χ1) is 61.3. The fourth-order valence-electron chi connectivity index (χ4n) is 12.3. The van der Waals surface area contributed by atoms with Gasteiger partial charge in [-0.05, 0) is 291 Å². The SMILES string of the molecule is C=CC(=O)OCC(O)COC(=O)C(C)(C)CC.C=CC(=O)OCC(O)COC(=O)C(C)(C)CC.C=CC(=O)OCC(O)COC(=O)C(C)(C)CC.C=CC(=O)OCC(O)COC(=O)C(C)(C)CC.CCC(C)(C)C(=O)OC(C)(C)C1CCCC1.CCC(C)(C)C(=O)OC(C)(CC)C1CCCCC1.CCC(C)(C)C(=O)OC1(C(C)C)CCCC1.CCC1(OC(=O)C(C)(C)CC)CCCC1. The average Bonchev–Trinajstić information content (AvgIpc) is 1.75. The summed E-state index contributed by atoms with van der Waals surface area (Å²) in [5, 5.41) is 37.6. The minimum Gasteiger partial charge on any atom is -0.462 e. The van der Waals surface area contributed by atoms with Gasteiger partial charge in [-0.3, -0.25) is 38.4 Å². The Kier molecular flexibility index (Phi) is 63.2. The molecule has 0 radical (unpaired) electrons. The zero-order valence-corrected chi connectivity index (χ0v) is 88.5. The minimum absolute atomic E-state index is 0.0197. The third-order valence-electron chi connectivity index (χ3n) is 26.9. The summed E-state index contributed by atoms with van der Waals surface area (Å²) in [7, 11) is 0. The summed E-state index contributed by atoms with van der Waals surface area (Å²) in [4.78, 5) is 137. The van der Waals surface area contributed by atoms with Crippen molar-refractivity contribution in [2.24, 2.45) is 61.1 Å². The number of hydrogen-bond acceptors (Lipinski definition) is 28. The van der Waals surface area contributed by atoms with E-state index in [4.69, 9.17) is 37.9 Å². The molecule has 0 aromatic carbocycles. The molecule has 0 heterocycles. The van der Waals surface area contributed by atoms with E-state index in [1.54, 1.807) is 55.4 Å². The van der Waals surface area contributed by atoms with E-state index in [0.717, 1.165) is 88.5 Å². The Morgan fingerprint density at radius 2 is 0.519 bits per heavy atom. The highest BCUT2D eigenvalue weighted by Crippen LogP contribution is 2.44. The third-order valence-corrected chi connectivity index (χ3v) is 26.9. The Balaban J connectivity index is -0.000000715. The zero-order valence-electron chi connectivity index (χ0n) is 88.5. The first-order valence-corrected chi connectivity index (χ1v) is 48.8. The molecule has 0 aromatic rings. The van der Waals surface area contributed by atoms with Gasteiger partial charge in [0, 0.05) is 24.3 Å². The molecule has 0 aromatic heterocycles. The molecule has 0 amide bonds. The van der Waals surface area contributed by atoms with E-state index >= 15 is 0 Å². The van der Waals surface area contributed by atoms with Gasteiger partial charge in [0.25, 0.3) is 0 Å². The van der Waals surface area contributed by atoms with Crippen LogP contribution in [0.3, 0.4) is 0 Å². The smallest absolute Gasteiger partial charge is 0.330 e. The summed E-state index contributed by atoms with van der Waals surface area (Å²) in [6.45, 7) is 71.6. The van der Waals surface area contributed by atoms with E-state index in [1.165, 1.54) is 83.5 Å². The summed E-state index contributed by atoms with van der Waals surface area (Å²) in [5.41, 5.74) is -4.53. The van der Waals surface area contributed by atoms with Crippen molar-refractivity contribution in [3.63, 3.8) is 0 Å². The molecule has 4 aliphatic rings. The molecule has 4 rings (SSSR count). The normalized spacial score (nSPS) is 16.4. The molecule has 4 N–H and O–H groups in total. The molecule has 0 bridgehead atoms. The fourth-order valence-corrected chi connectivity index (χ4v) is 12.3. The maximum atomic E-state index is 12.3. The van der Waals surface area contributed by atoms with Gasteiger partial charge >= 0.3 is 71.6 Å². The van der Waals surface area contributed by atoms with Crippen molar-refractivity contribution < 1.29 is 135 Å². The molecular weight excluding hydrogens is 1710 g/mol. The molecule has 4 saturated carbocycles. The quantitative estimate of drug-likeness (QED) is 0.0250. The van der Waals surface area contributed by atoms with Crippen molar-refractivity contribution in [1.82, 2.24) is 0 Å². The lowest BCUT2D eigenvalue weighted by molar-refractivity contribution is -0.177. The van der Waals surface area contributed by atoms with Crippen LogP contribution in [0, 0.1) is 61.1 Å². The first-order valence-electron chi connectivity index (χ1n) is 48.8. The highest BCUT2D eigenvalue weighted by atomic mass is 16.6. The number of esters is 12. The van der Waals surface area contributed by atoms with Crippen LogP contribution >= 0.6 is 0 Å². The van der Waals surface area contributed by atoms with Crippen LogP contribution in [-0.4, -0.2) is 192 Å². The van der Waals surface area contributed by atoms with Crippen LogP contribution in [0.15, 0.2) is 50.6 Å². The standard InChI is InChI=1S/C16H30O2.2C14H26O2.C13H24O2.4C12H20O5/c1-6-15(3,4)14(17)18-16(5,7-2)13-11-9-8-10-12-13;1-6-13(2,3)12(15)16-14(4,5)11-9-7-8-10-11;1-6-13(4,5)12(15)16-14(11(2)3)9-7-8-10-14;1-5-12(3,4)11(14)15-13(6-2)9-7-8-10-13;4*1-5-10(14)16-7-9(13)8-17-11(15)12(3,4)6-2/h13H,6-12H2,1-5H3;2*11H,6-10H2,1-5H3;5-10H2,1-4H3;4*5,9,13H,1,6-8H2,2-4H3. The Morgan fingerprint density at radius 1 is 0.293 bits per heavy atom. The Hall–Kier alpha value is -7.56.